The van der Waals surface area contributed by atoms with Gasteiger partial charge in [0.1, 0.15) is 0 Å². The van der Waals surface area contributed by atoms with Gasteiger partial charge in [-0.3, -0.25) is 0 Å². The van der Waals surface area contributed by atoms with Crippen LogP contribution in [-0.2, 0) is 0 Å². The Morgan fingerprint density at radius 2 is 1.81 bits per heavy atom. The van der Waals surface area contributed by atoms with E-state index in [1.54, 1.807) is 0 Å². The first-order valence-electron chi connectivity index (χ1n) is 6.07. The summed E-state index contributed by atoms with van der Waals surface area (Å²) in [7, 11) is 0. The molecule has 0 saturated carbocycles. The van der Waals surface area contributed by atoms with Gasteiger partial charge in [0.15, 0.2) is 0 Å². The fourth-order valence-electron chi connectivity index (χ4n) is 1.36. The highest BCUT2D eigenvalue weighted by Crippen LogP contribution is 2.10. The maximum absolute atomic E-state index is 3.44. The van der Waals surface area contributed by atoms with Crippen LogP contribution in [0.5, 0.6) is 0 Å². The van der Waals surface area contributed by atoms with Crippen LogP contribution in [0.4, 0.5) is 5.69 Å². The summed E-state index contributed by atoms with van der Waals surface area (Å²) in [6, 6.07) is 8.59. The van der Waals surface area contributed by atoms with E-state index in [4.69, 9.17) is 0 Å². The number of thioether (sulfide) groups is 1. The van der Waals surface area contributed by atoms with E-state index in [-0.39, 0.29) is 0 Å². The van der Waals surface area contributed by atoms with Crippen LogP contribution in [-0.4, -0.2) is 18.1 Å². The fraction of sp³-hybridized carbons (Fsp3) is 0.571. The summed E-state index contributed by atoms with van der Waals surface area (Å²) in [6.07, 6.45) is 1.33. The number of benzene rings is 1. The lowest BCUT2D eigenvalue weighted by Crippen LogP contribution is -2.04. The molecular formula is C14H23NS. The molecule has 1 N–H and O–H groups in total. The Morgan fingerprint density at radius 3 is 2.44 bits per heavy atom. The Morgan fingerprint density at radius 1 is 1.12 bits per heavy atom. The van der Waals surface area contributed by atoms with Crippen LogP contribution in [0.3, 0.4) is 0 Å². The van der Waals surface area contributed by atoms with Crippen LogP contribution in [0.2, 0.25) is 0 Å². The summed E-state index contributed by atoms with van der Waals surface area (Å²) in [5.41, 5.74) is 2.55. The third-order valence-corrected chi connectivity index (χ3v) is 3.48. The fourth-order valence-corrected chi connectivity index (χ4v) is 2.45. The zero-order valence-electron chi connectivity index (χ0n) is 10.6. The second-order valence-corrected chi connectivity index (χ2v) is 5.81. The van der Waals surface area contributed by atoms with Crippen molar-refractivity contribution < 1.29 is 0 Å². The largest absolute Gasteiger partial charge is 0.384 e. The molecule has 0 spiro atoms. The smallest absolute Gasteiger partial charge is 0.0340 e. The Hall–Kier alpha value is -0.630. The van der Waals surface area contributed by atoms with Gasteiger partial charge in [0, 0.05) is 18.0 Å². The number of hydrogen-bond acceptors (Lipinski definition) is 2. The standard InChI is InChI=1S/C14H23NS/c1-12(2)8-10-16-11-9-15-14-6-4-13(3)5-7-14/h4-7,12,15H,8-11H2,1-3H3. The molecule has 0 radical (unpaired) electrons. The molecule has 0 heterocycles. The highest BCUT2D eigenvalue weighted by Gasteiger charge is 1.95. The predicted octanol–water partition coefficient (Wildman–Crippen LogP) is 4.19. The van der Waals surface area contributed by atoms with Crippen molar-refractivity contribution in [1.82, 2.24) is 0 Å². The molecule has 0 amide bonds. The summed E-state index contributed by atoms with van der Waals surface area (Å²) in [4.78, 5) is 0. The molecule has 0 saturated heterocycles. The van der Waals surface area contributed by atoms with Crippen molar-refractivity contribution in [3.63, 3.8) is 0 Å². The lowest BCUT2D eigenvalue weighted by atomic mass is 10.2. The van der Waals surface area contributed by atoms with E-state index in [9.17, 15) is 0 Å². The molecule has 0 bridgehead atoms. The third-order valence-electron chi connectivity index (χ3n) is 2.47. The molecule has 90 valence electrons. The second-order valence-electron chi connectivity index (χ2n) is 4.59. The van der Waals surface area contributed by atoms with Crippen LogP contribution in [0.15, 0.2) is 24.3 Å². The molecule has 0 unspecified atom stereocenters. The van der Waals surface area contributed by atoms with Gasteiger partial charge in [0.2, 0.25) is 0 Å². The monoisotopic (exact) mass is 237 g/mol. The van der Waals surface area contributed by atoms with Gasteiger partial charge in [-0.15, -0.1) is 0 Å². The van der Waals surface area contributed by atoms with Gasteiger partial charge in [0.25, 0.3) is 0 Å². The lowest BCUT2D eigenvalue weighted by molar-refractivity contribution is 0.632. The molecule has 2 heteroatoms. The number of anilines is 1. The van der Waals surface area contributed by atoms with Gasteiger partial charge in [-0.05, 0) is 37.1 Å². The Balaban J connectivity index is 2.05. The summed E-state index contributed by atoms with van der Waals surface area (Å²) in [6.45, 7) is 7.74. The summed E-state index contributed by atoms with van der Waals surface area (Å²) < 4.78 is 0. The van der Waals surface area contributed by atoms with E-state index >= 15 is 0 Å². The van der Waals surface area contributed by atoms with Gasteiger partial charge >= 0.3 is 0 Å². The summed E-state index contributed by atoms with van der Waals surface area (Å²) >= 11 is 2.04. The number of aryl methyl sites for hydroxylation is 1. The van der Waals surface area contributed by atoms with E-state index in [2.05, 4.69) is 50.4 Å². The second kappa shape index (κ2) is 7.61. The van der Waals surface area contributed by atoms with Crippen molar-refractivity contribution in [2.45, 2.75) is 27.2 Å². The summed E-state index contributed by atoms with van der Waals surface area (Å²) in [5.74, 6) is 3.31. The Bertz CT molecular complexity index is 279. The van der Waals surface area contributed by atoms with Crippen molar-refractivity contribution in [3.05, 3.63) is 29.8 Å². The van der Waals surface area contributed by atoms with Gasteiger partial charge in [0.05, 0.1) is 0 Å². The first kappa shape index (κ1) is 13.4. The van der Waals surface area contributed by atoms with Gasteiger partial charge in [-0.25, -0.2) is 0 Å². The highest BCUT2D eigenvalue weighted by atomic mass is 32.2. The molecule has 0 aliphatic rings. The number of nitrogens with one attached hydrogen (secondary N) is 1. The maximum Gasteiger partial charge on any atom is 0.0340 e. The van der Waals surface area contributed by atoms with E-state index < -0.39 is 0 Å². The highest BCUT2D eigenvalue weighted by molar-refractivity contribution is 7.99. The quantitative estimate of drug-likeness (QED) is 0.714. The van der Waals surface area contributed by atoms with Crippen molar-refractivity contribution >= 4 is 17.4 Å². The van der Waals surface area contributed by atoms with Gasteiger partial charge in [-0.1, -0.05) is 31.5 Å². The number of hydrogen-bond donors (Lipinski definition) is 1. The van der Waals surface area contributed by atoms with E-state index in [1.807, 2.05) is 11.8 Å². The average molecular weight is 237 g/mol. The molecular weight excluding hydrogens is 214 g/mol. The topological polar surface area (TPSA) is 12.0 Å². The Kier molecular flexibility index (Phi) is 6.39. The average Bonchev–Trinajstić information content (AvgIpc) is 2.25. The van der Waals surface area contributed by atoms with Crippen molar-refractivity contribution in [2.24, 2.45) is 5.92 Å². The van der Waals surface area contributed by atoms with E-state index in [1.165, 1.54) is 29.2 Å². The van der Waals surface area contributed by atoms with Gasteiger partial charge in [-0.2, -0.15) is 11.8 Å². The molecule has 0 aliphatic carbocycles. The zero-order valence-corrected chi connectivity index (χ0v) is 11.4. The first-order valence-corrected chi connectivity index (χ1v) is 7.22. The van der Waals surface area contributed by atoms with Gasteiger partial charge < -0.3 is 5.32 Å². The lowest BCUT2D eigenvalue weighted by Gasteiger charge is -2.07. The SMILES string of the molecule is Cc1ccc(NCCSCCC(C)C)cc1. The Labute approximate surface area is 104 Å². The minimum atomic E-state index is 0.831. The molecule has 16 heavy (non-hydrogen) atoms. The first-order chi connectivity index (χ1) is 7.68. The zero-order chi connectivity index (χ0) is 11.8. The molecule has 1 aromatic carbocycles. The van der Waals surface area contributed by atoms with E-state index in [0.717, 1.165) is 12.5 Å². The molecule has 1 aromatic rings. The van der Waals surface area contributed by atoms with E-state index in [0.29, 0.717) is 0 Å². The van der Waals surface area contributed by atoms with Crippen molar-refractivity contribution in [1.29, 1.82) is 0 Å². The third kappa shape index (κ3) is 6.06. The molecule has 0 fully saturated rings. The summed E-state index contributed by atoms with van der Waals surface area (Å²) in [5, 5.41) is 3.44. The maximum atomic E-state index is 3.44. The molecule has 0 aliphatic heterocycles. The van der Waals surface area contributed by atoms with Crippen LogP contribution in [0.1, 0.15) is 25.8 Å². The molecule has 1 nitrogen and oxygen atoms in total. The van der Waals surface area contributed by atoms with Crippen molar-refractivity contribution in [3.8, 4) is 0 Å². The minimum Gasteiger partial charge on any atom is -0.384 e. The molecule has 0 atom stereocenters. The van der Waals surface area contributed by atoms with Crippen LogP contribution in [0, 0.1) is 12.8 Å². The van der Waals surface area contributed by atoms with Crippen molar-refractivity contribution in [2.75, 3.05) is 23.4 Å². The van der Waals surface area contributed by atoms with Crippen LogP contribution < -0.4 is 5.32 Å². The predicted molar refractivity (Wildman–Crippen MR) is 76.4 cm³/mol. The normalized spacial score (nSPS) is 10.8. The molecule has 0 aromatic heterocycles. The minimum absolute atomic E-state index is 0.831. The number of rotatable bonds is 7. The van der Waals surface area contributed by atoms with Crippen LogP contribution >= 0.6 is 11.8 Å². The van der Waals surface area contributed by atoms with Crippen LogP contribution in [0.25, 0.3) is 0 Å². The molecule has 1 rings (SSSR count).